The Balaban J connectivity index is 2.09. The maximum atomic E-state index is 14.0. The summed E-state index contributed by atoms with van der Waals surface area (Å²) in [6, 6.07) is 15.4. The Bertz CT molecular complexity index is 1430. The molecule has 0 spiro atoms. The number of nitrogens with one attached hydrogen (secondary N) is 1. The van der Waals surface area contributed by atoms with Crippen molar-refractivity contribution in [1.82, 2.24) is 10.2 Å². The normalized spacial score (nSPS) is 12.1. The lowest BCUT2D eigenvalue weighted by atomic mass is 10.1. The molecule has 0 aliphatic carbocycles. The molecule has 0 aliphatic rings. The van der Waals surface area contributed by atoms with Gasteiger partial charge in [0.1, 0.15) is 18.4 Å². The number of halogens is 3. The zero-order valence-electron chi connectivity index (χ0n) is 22.5. The Morgan fingerprint density at radius 3 is 2.23 bits per heavy atom. The van der Waals surface area contributed by atoms with Crippen LogP contribution in [0.4, 0.5) is 10.1 Å². The number of anilines is 1. The van der Waals surface area contributed by atoms with Crippen molar-refractivity contribution in [1.29, 1.82) is 0 Å². The highest BCUT2D eigenvalue weighted by Gasteiger charge is 2.34. The first-order chi connectivity index (χ1) is 19.0. The van der Waals surface area contributed by atoms with E-state index in [-0.39, 0.29) is 39.5 Å². The second-order valence-electron chi connectivity index (χ2n) is 9.26. The molecule has 7 nitrogen and oxygen atoms in total. The molecule has 0 bridgehead atoms. The van der Waals surface area contributed by atoms with Crippen LogP contribution in [0.5, 0.6) is 0 Å². The predicted octanol–water partition coefficient (Wildman–Crippen LogP) is 5.97. The molecule has 2 amide bonds. The van der Waals surface area contributed by atoms with E-state index in [0.29, 0.717) is 18.5 Å². The molecule has 3 rings (SSSR count). The lowest BCUT2D eigenvalue weighted by molar-refractivity contribution is -0.140. The van der Waals surface area contributed by atoms with E-state index in [1.165, 1.54) is 59.5 Å². The zero-order chi connectivity index (χ0) is 29.4. The monoisotopic (exact) mass is 607 g/mol. The highest BCUT2D eigenvalue weighted by atomic mass is 35.5. The van der Waals surface area contributed by atoms with E-state index in [1.54, 1.807) is 19.1 Å². The van der Waals surface area contributed by atoms with Crippen molar-refractivity contribution in [2.45, 2.75) is 51.1 Å². The SMILES string of the molecule is CCCNC(=O)[C@H](CC)N(Cc1ccc(F)cc1)C(=O)CN(c1cccc(Cl)c1Cl)S(=O)(=O)c1ccc(C)cc1. The number of rotatable bonds is 12. The molecule has 0 unspecified atom stereocenters. The van der Waals surface area contributed by atoms with Gasteiger partial charge in [-0.3, -0.25) is 13.9 Å². The fourth-order valence-electron chi connectivity index (χ4n) is 4.11. The molecule has 0 aliphatic heterocycles. The van der Waals surface area contributed by atoms with Crippen molar-refractivity contribution >= 4 is 50.7 Å². The first-order valence-electron chi connectivity index (χ1n) is 12.8. The standard InChI is InChI=1S/C29H32Cl2FN3O4S/c1-4-17-33-29(37)25(5-2)34(18-21-11-13-22(32)14-12-21)27(36)19-35(26-8-6-7-24(30)28(26)31)40(38,39)23-15-9-20(3)10-16-23/h6-16,25H,4-5,17-19H2,1-3H3,(H,33,37)/t25-/m0/s1. The molecule has 0 heterocycles. The molecule has 0 saturated carbocycles. The first-order valence-corrected chi connectivity index (χ1v) is 15.0. The second kappa shape index (κ2) is 14.0. The van der Waals surface area contributed by atoms with E-state index in [9.17, 15) is 22.4 Å². The molecule has 3 aromatic rings. The molecular formula is C29H32Cl2FN3O4S. The number of amides is 2. The lowest BCUT2D eigenvalue weighted by Gasteiger charge is -2.33. The van der Waals surface area contributed by atoms with Gasteiger partial charge in [-0.2, -0.15) is 0 Å². The van der Waals surface area contributed by atoms with Crippen LogP contribution < -0.4 is 9.62 Å². The molecule has 1 N–H and O–H groups in total. The summed E-state index contributed by atoms with van der Waals surface area (Å²) in [6.07, 6.45) is 0.967. The van der Waals surface area contributed by atoms with Gasteiger partial charge >= 0.3 is 0 Å². The third-order valence-electron chi connectivity index (χ3n) is 6.29. The van der Waals surface area contributed by atoms with Crippen molar-refractivity contribution < 1.29 is 22.4 Å². The topological polar surface area (TPSA) is 86.8 Å². The van der Waals surface area contributed by atoms with Gasteiger partial charge in [-0.25, -0.2) is 12.8 Å². The van der Waals surface area contributed by atoms with Crippen molar-refractivity contribution in [2.75, 3.05) is 17.4 Å². The maximum absolute atomic E-state index is 14.0. The highest BCUT2D eigenvalue weighted by molar-refractivity contribution is 7.92. The number of hydrogen-bond acceptors (Lipinski definition) is 4. The van der Waals surface area contributed by atoms with Crippen molar-refractivity contribution in [2.24, 2.45) is 0 Å². The summed E-state index contributed by atoms with van der Waals surface area (Å²) < 4.78 is 42.3. The van der Waals surface area contributed by atoms with E-state index in [0.717, 1.165) is 9.87 Å². The fourth-order valence-corrected chi connectivity index (χ4v) is 5.98. The predicted molar refractivity (Wildman–Crippen MR) is 157 cm³/mol. The number of hydrogen-bond donors (Lipinski definition) is 1. The molecule has 1 atom stereocenters. The van der Waals surface area contributed by atoms with E-state index >= 15 is 0 Å². The Kier molecular flexibility index (Phi) is 11.0. The Labute approximate surface area is 244 Å². The minimum Gasteiger partial charge on any atom is -0.354 e. The maximum Gasteiger partial charge on any atom is 0.264 e. The van der Waals surface area contributed by atoms with E-state index in [2.05, 4.69) is 5.32 Å². The van der Waals surface area contributed by atoms with E-state index in [4.69, 9.17) is 23.2 Å². The summed E-state index contributed by atoms with van der Waals surface area (Å²) in [5.41, 5.74) is 1.45. The Morgan fingerprint density at radius 1 is 0.975 bits per heavy atom. The minimum atomic E-state index is -4.29. The van der Waals surface area contributed by atoms with Gasteiger partial charge in [0.25, 0.3) is 10.0 Å². The summed E-state index contributed by atoms with van der Waals surface area (Å²) >= 11 is 12.7. The van der Waals surface area contributed by atoms with Crippen molar-refractivity contribution in [3.8, 4) is 0 Å². The quantitative estimate of drug-likeness (QED) is 0.275. The Morgan fingerprint density at radius 2 is 1.62 bits per heavy atom. The van der Waals surface area contributed by atoms with Crippen LogP contribution in [0.3, 0.4) is 0 Å². The minimum absolute atomic E-state index is 0.0216. The fraction of sp³-hybridized carbons (Fsp3) is 0.310. The average Bonchev–Trinajstić information content (AvgIpc) is 2.93. The van der Waals surface area contributed by atoms with Crippen LogP contribution in [0.15, 0.2) is 71.6 Å². The van der Waals surface area contributed by atoms with Crippen LogP contribution in [-0.4, -0.2) is 44.3 Å². The number of carbonyl (C=O) groups excluding carboxylic acids is 2. The van der Waals surface area contributed by atoms with Crippen LogP contribution in [0.2, 0.25) is 10.0 Å². The van der Waals surface area contributed by atoms with Gasteiger partial charge in [0.05, 0.1) is 20.6 Å². The second-order valence-corrected chi connectivity index (χ2v) is 11.9. The van der Waals surface area contributed by atoms with Crippen LogP contribution in [0.25, 0.3) is 0 Å². The third-order valence-corrected chi connectivity index (χ3v) is 8.87. The van der Waals surface area contributed by atoms with Crippen LogP contribution in [-0.2, 0) is 26.2 Å². The van der Waals surface area contributed by atoms with Gasteiger partial charge in [-0.05, 0) is 61.7 Å². The summed E-state index contributed by atoms with van der Waals surface area (Å²) in [5, 5.41) is 2.89. The molecule has 0 fully saturated rings. The number of carbonyl (C=O) groups is 2. The van der Waals surface area contributed by atoms with Crippen LogP contribution >= 0.6 is 23.2 Å². The molecule has 3 aromatic carbocycles. The third kappa shape index (κ3) is 7.53. The zero-order valence-corrected chi connectivity index (χ0v) is 24.9. The first kappa shape index (κ1) is 31.4. The lowest BCUT2D eigenvalue weighted by Crippen LogP contribution is -2.52. The van der Waals surface area contributed by atoms with Crippen molar-refractivity contribution in [3.05, 3.63) is 93.7 Å². The van der Waals surface area contributed by atoms with Gasteiger partial charge < -0.3 is 10.2 Å². The van der Waals surface area contributed by atoms with E-state index in [1.807, 2.05) is 13.8 Å². The number of aryl methyl sites for hydroxylation is 1. The molecule has 0 radical (unpaired) electrons. The summed E-state index contributed by atoms with van der Waals surface area (Å²) in [7, 11) is -4.29. The van der Waals surface area contributed by atoms with Crippen LogP contribution in [0.1, 0.15) is 37.8 Å². The summed E-state index contributed by atoms with van der Waals surface area (Å²) in [4.78, 5) is 28.4. The number of sulfonamides is 1. The van der Waals surface area contributed by atoms with Gasteiger partial charge in [0.15, 0.2) is 0 Å². The average molecular weight is 609 g/mol. The van der Waals surface area contributed by atoms with Gasteiger partial charge in [0.2, 0.25) is 11.8 Å². The summed E-state index contributed by atoms with van der Waals surface area (Å²) in [6.45, 7) is 5.21. The summed E-state index contributed by atoms with van der Waals surface area (Å²) in [5.74, 6) is -1.46. The highest BCUT2D eigenvalue weighted by Crippen LogP contribution is 2.35. The molecular weight excluding hydrogens is 576 g/mol. The van der Waals surface area contributed by atoms with Crippen LogP contribution in [0, 0.1) is 12.7 Å². The van der Waals surface area contributed by atoms with Gasteiger partial charge in [0, 0.05) is 13.1 Å². The van der Waals surface area contributed by atoms with Crippen molar-refractivity contribution in [3.63, 3.8) is 0 Å². The molecule has 11 heteroatoms. The Hall–Kier alpha value is -3.14. The number of nitrogens with zero attached hydrogens (tertiary/aromatic N) is 2. The van der Waals surface area contributed by atoms with Gasteiger partial charge in [-0.1, -0.05) is 72.9 Å². The van der Waals surface area contributed by atoms with E-state index < -0.39 is 34.3 Å². The molecule has 0 aromatic heterocycles. The largest absolute Gasteiger partial charge is 0.354 e. The molecule has 214 valence electrons. The smallest absolute Gasteiger partial charge is 0.264 e. The molecule has 0 saturated heterocycles. The van der Waals surface area contributed by atoms with Gasteiger partial charge in [-0.15, -0.1) is 0 Å². The number of benzene rings is 3. The molecule has 40 heavy (non-hydrogen) atoms.